The molecule has 17 heavy (non-hydrogen) atoms. The summed E-state index contributed by atoms with van der Waals surface area (Å²) in [6.45, 7) is 2.08. The van der Waals surface area contributed by atoms with E-state index in [4.69, 9.17) is 5.73 Å². The summed E-state index contributed by atoms with van der Waals surface area (Å²) in [6.07, 6.45) is 0. The van der Waals surface area contributed by atoms with Crippen LogP contribution in [0.3, 0.4) is 0 Å². The number of H-pyrrole nitrogens is 1. The van der Waals surface area contributed by atoms with E-state index in [-0.39, 0.29) is 0 Å². The van der Waals surface area contributed by atoms with E-state index in [1.807, 2.05) is 18.2 Å². The van der Waals surface area contributed by atoms with Gasteiger partial charge in [-0.2, -0.15) is 5.10 Å². The van der Waals surface area contributed by atoms with Crippen molar-refractivity contribution in [2.75, 3.05) is 5.73 Å². The van der Waals surface area contributed by atoms with Gasteiger partial charge in [-0.25, -0.2) is 0 Å². The van der Waals surface area contributed by atoms with E-state index in [1.165, 1.54) is 5.56 Å². The normalized spacial score (nSPS) is 10.9. The smallest absolute Gasteiger partial charge is 0.0999 e. The van der Waals surface area contributed by atoms with E-state index in [0.717, 1.165) is 27.8 Å². The van der Waals surface area contributed by atoms with Crippen LogP contribution in [0.2, 0.25) is 0 Å². The Balaban J connectivity index is 2.21. The third-order valence-electron chi connectivity index (χ3n) is 2.91. The Bertz CT molecular complexity index is 666. The second-order valence-corrected chi connectivity index (χ2v) is 4.24. The van der Waals surface area contributed by atoms with Crippen LogP contribution in [0.5, 0.6) is 0 Å². The molecule has 0 spiro atoms. The first-order chi connectivity index (χ1) is 8.24. The van der Waals surface area contributed by atoms with E-state index < -0.39 is 0 Å². The monoisotopic (exact) mass is 223 g/mol. The van der Waals surface area contributed by atoms with Crippen molar-refractivity contribution >= 4 is 16.6 Å². The third kappa shape index (κ3) is 1.65. The number of aromatic amines is 1. The van der Waals surface area contributed by atoms with E-state index in [2.05, 4.69) is 41.4 Å². The molecule has 84 valence electrons. The van der Waals surface area contributed by atoms with Crippen molar-refractivity contribution < 1.29 is 0 Å². The first-order valence-corrected chi connectivity index (χ1v) is 5.55. The largest absolute Gasteiger partial charge is 0.399 e. The maximum atomic E-state index is 5.74. The van der Waals surface area contributed by atoms with Gasteiger partial charge < -0.3 is 5.73 Å². The van der Waals surface area contributed by atoms with Crippen LogP contribution >= 0.6 is 0 Å². The number of nitrogens with two attached hydrogens (primary N) is 1. The van der Waals surface area contributed by atoms with E-state index in [0.29, 0.717) is 0 Å². The summed E-state index contributed by atoms with van der Waals surface area (Å²) in [5, 5.41) is 8.47. The molecule has 1 aromatic heterocycles. The fourth-order valence-electron chi connectivity index (χ4n) is 1.97. The highest BCUT2D eigenvalue weighted by atomic mass is 15.1. The molecular formula is C14H13N3. The SMILES string of the molecule is Cc1ccc(-c2n[nH]c3cc(N)ccc23)cc1. The highest BCUT2D eigenvalue weighted by Crippen LogP contribution is 2.27. The number of nitrogens with zero attached hydrogens (tertiary/aromatic N) is 1. The molecule has 0 aliphatic carbocycles. The Morgan fingerprint density at radius 3 is 2.59 bits per heavy atom. The lowest BCUT2D eigenvalue weighted by molar-refractivity contribution is 1.12. The minimum atomic E-state index is 0.747. The Hall–Kier alpha value is -2.29. The molecule has 0 fully saturated rings. The molecule has 3 aromatic rings. The van der Waals surface area contributed by atoms with Crippen LogP contribution < -0.4 is 5.73 Å². The highest BCUT2D eigenvalue weighted by molar-refractivity contribution is 5.94. The molecule has 0 aliphatic heterocycles. The number of nitrogens with one attached hydrogen (secondary N) is 1. The van der Waals surface area contributed by atoms with Crippen molar-refractivity contribution in [1.29, 1.82) is 0 Å². The first kappa shape index (κ1) is 9.90. The van der Waals surface area contributed by atoms with Crippen LogP contribution in [0.1, 0.15) is 5.56 Å². The molecule has 0 radical (unpaired) electrons. The fraction of sp³-hybridized carbons (Fsp3) is 0.0714. The minimum absolute atomic E-state index is 0.747. The Morgan fingerprint density at radius 2 is 1.82 bits per heavy atom. The molecule has 0 atom stereocenters. The second-order valence-electron chi connectivity index (χ2n) is 4.24. The lowest BCUT2D eigenvalue weighted by Gasteiger charge is -1.99. The van der Waals surface area contributed by atoms with Gasteiger partial charge in [0.1, 0.15) is 0 Å². The van der Waals surface area contributed by atoms with Gasteiger partial charge in [0, 0.05) is 16.6 Å². The molecule has 3 N–H and O–H groups in total. The van der Waals surface area contributed by atoms with Gasteiger partial charge in [-0.3, -0.25) is 5.10 Å². The summed E-state index contributed by atoms with van der Waals surface area (Å²) in [7, 11) is 0. The Labute approximate surface area is 99.3 Å². The second kappa shape index (κ2) is 3.63. The number of anilines is 1. The van der Waals surface area contributed by atoms with Crippen LogP contribution in [0.25, 0.3) is 22.2 Å². The van der Waals surface area contributed by atoms with Gasteiger partial charge in [-0.15, -0.1) is 0 Å². The molecule has 0 aliphatic rings. The number of hydrogen-bond acceptors (Lipinski definition) is 2. The Morgan fingerprint density at radius 1 is 1.06 bits per heavy atom. The van der Waals surface area contributed by atoms with Gasteiger partial charge in [-0.05, 0) is 25.1 Å². The minimum Gasteiger partial charge on any atom is -0.399 e. The number of rotatable bonds is 1. The van der Waals surface area contributed by atoms with Crippen molar-refractivity contribution in [3.63, 3.8) is 0 Å². The van der Waals surface area contributed by atoms with Crippen LogP contribution in [0.4, 0.5) is 5.69 Å². The van der Waals surface area contributed by atoms with Crippen molar-refractivity contribution in [1.82, 2.24) is 10.2 Å². The maximum Gasteiger partial charge on any atom is 0.0999 e. The van der Waals surface area contributed by atoms with Crippen molar-refractivity contribution in [2.24, 2.45) is 0 Å². The molecule has 0 bridgehead atoms. The molecule has 0 unspecified atom stereocenters. The molecule has 0 saturated heterocycles. The van der Waals surface area contributed by atoms with E-state index >= 15 is 0 Å². The van der Waals surface area contributed by atoms with Gasteiger partial charge in [0.2, 0.25) is 0 Å². The van der Waals surface area contributed by atoms with Gasteiger partial charge in [0.25, 0.3) is 0 Å². The van der Waals surface area contributed by atoms with Gasteiger partial charge >= 0.3 is 0 Å². The van der Waals surface area contributed by atoms with E-state index in [9.17, 15) is 0 Å². The zero-order chi connectivity index (χ0) is 11.8. The quantitative estimate of drug-likeness (QED) is 0.623. The zero-order valence-corrected chi connectivity index (χ0v) is 9.57. The molecule has 3 nitrogen and oxygen atoms in total. The lowest BCUT2D eigenvalue weighted by Crippen LogP contribution is -1.83. The summed E-state index contributed by atoms with van der Waals surface area (Å²) in [6, 6.07) is 14.2. The summed E-state index contributed by atoms with van der Waals surface area (Å²) in [5.41, 5.74) is 10.8. The van der Waals surface area contributed by atoms with Crippen LogP contribution in [0.15, 0.2) is 42.5 Å². The van der Waals surface area contributed by atoms with Crippen molar-refractivity contribution in [3.8, 4) is 11.3 Å². The fourth-order valence-corrected chi connectivity index (χ4v) is 1.97. The first-order valence-electron chi connectivity index (χ1n) is 5.55. The average molecular weight is 223 g/mol. The number of nitrogen functional groups attached to an aromatic ring is 1. The summed E-state index contributed by atoms with van der Waals surface area (Å²) in [5.74, 6) is 0. The van der Waals surface area contributed by atoms with Crippen LogP contribution in [-0.2, 0) is 0 Å². The van der Waals surface area contributed by atoms with Crippen molar-refractivity contribution in [3.05, 3.63) is 48.0 Å². The van der Waals surface area contributed by atoms with Gasteiger partial charge in [0.05, 0.1) is 11.2 Å². The number of aryl methyl sites for hydroxylation is 1. The summed E-state index contributed by atoms with van der Waals surface area (Å²) < 4.78 is 0. The number of hydrogen-bond donors (Lipinski definition) is 2. The summed E-state index contributed by atoms with van der Waals surface area (Å²) in [4.78, 5) is 0. The molecule has 0 amide bonds. The lowest BCUT2D eigenvalue weighted by atomic mass is 10.1. The molecular weight excluding hydrogens is 210 g/mol. The summed E-state index contributed by atoms with van der Waals surface area (Å²) >= 11 is 0. The molecule has 3 rings (SSSR count). The molecule has 0 saturated carbocycles. The predicted molar refractivity (Wildman–Crippen MR) is 70.7 cm³/mol. The molecule has 2 aromatic carbocycles. The molecule has 3 heteroatoms. The number of benzene rings is 2. The predicted octanol–water partition coefficient (Wildman–Crippen LogP) is 3.12. The zero-order valence-electron chi connectivity index (χ0n) is 9.57. The topological polar surface area (TPSA) is 54.7 Å². The standard InChI is InChI=1S/C14H13N3/c1-9-2-4-10(5-3-9)14-12-7-6-11(15)8-13(12)16-17-14/h2-8H,15H2,1H3,(H,16,17). The maximum absolute atomic E-state index is 5.74. The average Bonchev–Trinajstić information content (AvgIpc) is 2.73. The highest BCUT2D eigenvalue weighted by Gasteiger charge is 2.07. The van der Waals surface area contributed by atoms with E-state index in [1.54, 1.807) is 0 Å². The van der Waals surface area contributed by atoms with Crippen LogP contribution in [0, 0.1) is 6.92 Å². The number of fused-ring (bicyclic) bond motifs is 1. The Kier molecular flexibility index (Phi) is 2.11. The van der Waals surface area contributed by atoms with Crippen LogP contribution in [-0.4, -0.2) is 10.2 Å². The molecule has 1 heterocycles. The van der Waals surface area contributed by atoms with Gasteiger partial charge in [-0.1, -0.05) is 29.8 Å². The van der Waals surface area contributed by atoms with Gasteiger partial charge in [0.15, 0.2) is 0 Å². The van der Waals surface area contributed by atoms with Crippen molar-refractivity contribution in [2.45, 2.75) is 6.92 Å². The number of aromatic nitrogens is 2. The third-order valence-corrected chi connectivity index (χ3v) is 2.91.